The van der Waals surface area contributed by atoms with Gasteiger partial charge < -0.3 is 10.6 Å². The summed E-state index contributed by atoms with van der Waals surface area (Å²) in [5.41, 5.74) is 1.50. The van der Waals surface area contributed by atoms with Gasteiger partial charge in [0, 0.05) is 23.7 Å². The molecule has 1 aliphatic rings. The second-order valence-corrected chi connectivity index (χ2v) is 6.56. The van der Waals surface area contributed by atoms with E-state index in [2.05, 4.69) is 20.6 Å². The van der Waals surface area contributed by atoms with Crippen LogP contribution in [0.1, 0.15) is 47.6 Å². The molecule has 1 heterocycles. The summed E-state index contributed by atoms with van der Waals surface area (Å²) < 4.78 is 0. The molecule has 0 bridgehead atoms. The molecule has 1 aromatic heterocycles. The molecule has 1 aliphatic carbocycles. The second kappa shape index (κ2) is 7.62. The Labute approximate surface area is 146 Å². The fourth-order valence-electron chi connectivity index (χ4n) is 2.90. The molecule has 0 radical (unpaired) electrons. The Morgan fingerprint density at radius 1 is 1.21 bits per heavy atom. The van der Waals surface area contributed by atoms with Crippen LogP contribution in [0, 0.1) is 6.92 Å². The highest BCUT2D eigenvalue weighted by Crippen LogP contribution is 2.18. The molecule has 1 fully saturated rings. The maximum absolute atomic E-state index is 12.4. The van der Waals surface area contributed by atoms with Crippen LogP contribution in [0.2, 0.25) is 5.02 Å². The number of anilines is 1. The molecular weight excluding hydrogens is 324 g/mol. The van der Waals surface area contributed by atoms with Gasteiger partial charge in [-0.3, -0.25) is 4.79 Å². The van der Waals surface area contributed by atoms with Gasteiger partial charge in [0.2, 0.25) is 0 Å². The lowest BCUT2D eigenvalue weighted by atomic mass is 10.2. The highest BCUT2D eigenvalue weighted by Gasteiger charge is 2.19. The number of nitrogens with one attached hydrogen (secondary N) is 2. The zero-order valence-corrected chi connectivity index (χ0v) is 14.4. The van der Waals surface area contributed by atoms with Crippen LogP contribution in [0.25, 0.3) is 0 Å². The summed E-state index contributed by atoms with van der Waals surface area (Å²) in [6.07, 6.45) is 4.47. The number of carbonyl (C=O) groups excluding carboxylic acids is 1. The van der Waals surface area contributed by atoms with Crippen molar-refractivity contribution in [2.45, 2.75) is 45.2 Å². The number of carbonyl (C=O) groups is 1. The summed E-state index contributed by atoms with van der Waals surface area (Å²) in [5, 5.41) is 7.00. The summed E-state index contributed by atoms with van der Waals surface area (Å²) in [4.78, 5) is 21.0. The SMILES string of the molecule is Cc1nc(NCc2ccc(Cl)cc2)cc(C(=O)NC2CCCC2)n1. The van der Waals surface area contributed by atoms with Crippen LogP contribution in [0.5, 0.6) is 0 Å². The predicted molar refractivity (Wildman–Crippen MR) is 95.3 cm³/mol. The molecule has 6 heteroatoms. The van der Waals surface area contributed by atoms with Gasteiger partial charge in [0.15, 0.2) is 0 Å². The third-order valence-electron chi connectivity index (χ3n) is 4.15. The molecule has 0 spiro atoms. The van der Waals surface area contributed by atoms with Crippen molar-refractivity contribution in [3.8, 4) is 0 Å². The van der Waals surface area contributed by atoms with E-state index in [0.717, 1.165) is 18.4 Å². The highest BCUT2D eigenvalue weighted by molar-refractivity contribution is 6.30. The number of benzene rings is 1. The molecule has 0 saturated heterocycles. The first kappa shape index (κ1) is 16.7. The fourth-order valence-corrected chi connectivity index (χ4v) is 3.02. The summed E-state index contributed by atoms with van der Waals surface area (Å²) in [5.74, 6) is 1.10. The topological polar surface area (TPSA) is 66.9 Å². The first-order valence-corrected chi connectivity index (χ1v) is 8.63. The summed E-state index contributed by atoms with van der Waals surface area (Å²) in [7, 11) is 0. The lowest BCUT2D eigenvalue weighted by Gasteiger charge is -2.13. The Hall–Kier alpha value is -2.14. The van der Waals surface area contributed by atoms with Crippen LogP contribution in [0.15, 0.2) is 30.3 Å². The number of halogens is 1. The number of aryl methyl sites for hydroxylation is 1. The van der Waals surface area contributed by atoms with Gasteiger partial charge >= 0.3 is 0 Å². The summed E-state index contributed by atoms with van der Waals surface area (Å²) >= 11 is 5.89. The largest absolute Gasteiger partial charge is 0.366 e. The fraction of sp³-hybridized carbons (Fsp3) is 0.389. The second-order valence-electron chi connectivity index (χ2n) is 6.12. The molecule has 5 nitrogen and oxygen atoms in total. The normalized spacial score (nSPS) is 14.6. The van der Waals surface area contributed by atoms with Crippen molar-refractivity contribution in [2.75, 3.05) is 5.32 Å². The molecule has 24 heavy (non-hydrogen) atoms. The van der Waals surface area contributed by atoms with Crippen molar-refractivity contribution < 1.29 is 4.79 Å². The number of aromatic nitrogens is 2. The smallest absolute Gasteiger partial charge is 0.270 e. The average Bonchev–Trinajstić information content (AvgIpc) is 3.07. The lowest BCUT2D eigenvalue weighted by Crippen LogP contribution is -2.33. The lowest BCUT2D eigenvalue weighted by molar-refractivity contribution is 0.0932. The van der Waals surface area contributed by atoms with Gasteiger partial charge in [-0.1, -0.05) is 36.6 Å². The average molecular weight is 345 g/mol. The number of hydrogen-bond donors (Lipinski definition) is 2. The number of hydrogen-bond acceptors (Lipinski definition) is 4. The molecule has 3 rings (SSSR count). The quantitative estimate of drug-likeness (QED) is 0.867. The van der Waals surface area contributed by atoms with E-state index in [1.165, 1.54) is 12.8 Å². The van der Waals surface area contributed by atoms with Gasteiger partial charge in [-0.15, -0.1) is 0 Å². The number of nitrogens with zero attached hydrogens (tertiary/aromatic N) is 2. The third-order valence-corrected chi connectivity index (χ3v) is 4.40. The van der Waals surface area contributed by atoms with Crippen LogP contribution in [0.3, 0.4) is 0 Å². The Bertz CT molecular complexity index is 711. The third kappa shape index (κ3) is 4.45. The van der Waals surface area contributed by atoms with Crippen molar-refractivity contribution in [2.24, 2.45) is 0 Å². The predicted octanol–water partition coefficient (Wildman–Crippen LogP) is 3.72. The van der Waals surface area contributed by atoms with E-state index >= 15 is 0 Å². The molecule has 2 aromatic rings. The van der Waals surface area contributed by atoms with Crippen LogP contribution in [-0.4, -0.2) is 21.9 Å². The van der Waals surface area contributed by atoms with Crippen molar-refractivity contribution in [3.05, 3.63) is 52.4 Å². The van der Waals surface area contributed by atoms with E-state index in [9.17, 15) is 4.79 Å². The van der Waals surface area contributed by atoms with Crippen LogP contribution in [-0.2, 0) is 6.54 Å². The first-order chi connectivity index (χ1) is 11.6. The van der Waals surface area contributed by atoms with Crippen LogP contribution >= 0.6 is 11.6 Å². The van der Waals surface area contributed by atoms with E-state index in [1.807, 2.05) is 24.3 Å². The summed E-state index contributed by atoms with van der Waals surface area (Å²) in [6, 6.07) is 9.59. The van der Waals surface area contributed by atoms with Crippen LogP contribution in [0.4, 0.5) is 5.82 Å². The Morgan fingerprint density at radius 2 is 1.92 bits per heavy atom. The van der Waals surface area contributed by atoms with Crippen molar-refractivity contribution >= 4 is 23.3 Å². The Balaban J connectivity index is 1.66. The van der Waals surface area contributed by atoms with E-state index in [4.69, 9.17) is 11.6 Å². The van der Waals surface area contributed by atoms with Gasteiger partial charge in [0.05, 0.1) is 0 Å². The Morgan fingerprint density at radius 3 is 2.62 bits per heavy atom. The van der Waals surface area contributed by atoms with Crippen LogP contribution < -0.4 is 10.6 Å². The molecule has 1 saturated carbocycles. The molecular formula is C18H21ClN4O. The number of rotatable bonds is 5. The molecule has 2 N–H and O–H groups in total. The zero-order chi connectivity index (χ0) is 16.9. The molecule has 0 aliphatic heterocycles. The van der Waals surface area contributed by atoms with Gasteiger partial charge in [0.1, 0.15) is 17.3 Å². The maximum Gasteiger partial charge on any atom is 0.270 e. The minimum Gasteiger partial charge on any atom is -0.366 e. The van der Waals surface area contributed by atoms with Gasteiger partial charge in [-0.25, -0.2) is 9.97 Å². The van der Waals surface area contributed by atoms with Gasteiger partial charge in [-0.05, 0) is 37.5 Å². The maximum atomic E-state index is 12.4. The zero-order valence-electron chi connectivity index (χ0n) is 13.7. The number of amides is 1. The first-order valence-electron chi connectivity index (χ1n) is 8.25. The highest BCUT2D eigenvalue weighted by atomic mass is 35.5. The van der Waals surface area contributed by atoms with Gasteiger partial charge in [0.25, 0.3) is 5.91 Å². The summed E-state index contributed by atoms with van der Waals surface area (Å²) in [6.45, 7) is 2.40. The van der Waals surface area contributed by atoms with E-state index in [-0.39, 0.29) is 11.9 Å². The van der Waals surface area contributed by atoms with E-state index in [0.29, 0.717) is 28.9 Å². The monoisotopic (exact) mass is 344 g/mol. The van der Waals surface area contributed by atoms with Crippen molar-refractivity contribution in [3.63, 3.8) is 0 Å². The minimum atomic E-state index is -0.123. The van der Waals surface area contributed by atoms with E-state index < -0.39 is 0 Å². The molecule has 0 unspecified atom stereocenters. The molecule has 126 valence electrons. The minimum absolute atomic E-state index is 0.123. The standard InChI is InChI=1S/C18H21ClN4O/c1-12-21-16(18(24)23-15-4-2-3-5-15)10-17(22-12)20-11-13-6-8-14(19)9-7-13/h6-10,15H,2-5,11H2,1H3,(H,23,24)(H,20,21,22). The molecule has 1 amide bonds. The molecule has 0 atom stereocenters. The van der Waals surface area contributed by atoms with Crippen molar-refractivity contribution in [1.82, 2.24) is 15.3 Å². The van der Waals surface area contributed by atoms with Crippen molar-refractivity contribution in [1.29, 1.82) is 0 Å². The van der Waals surface area contributed by atoms with Gasteiger partial charge in [-0.2, -0.15) is 0 Å². The van der Waals surface area contributed by atoms with E-state index in [1.54, 1.807) is 13.0 Å². The Kier molecular flexibility index (Phi) is 5.30. The molecule has 1 aromatic carbocycles.